The first-order chi connectivity index (χ1) is 14.2. The Balaban J connectivity index is 1.81. The molecule has 3 aromatic rings. The van der Waals surface area contributed by atoms with Gasteiger partial charge in [-0.3, -0.25) is 4.79 Å². The van der Waals surface area contributed by atoms with Crippen molar-refractivity contribution in [2.45, 2.75) is 31.5 Å². The molecule has 0 unspecified atom stereocenters. The lowest BCUT2D eigenvalue weighted by atomic mass is 10.1. The predicted octanol–water partition coefficient (Wildman–Crippen LogP) is 4.74. The van der Waals surface area contributed by atoms with Gasteiger partial charge in [-0.1, -0.05) is 37.2 Å². The van der Waals surface area contributed by atoms with E-state index in [1.807, 2.05) is 36.4 Å². The molecule has 0 fully saturated rings. The normalized spacial score (nSPS) is 10.7. The molecule has 0 radical (unpaired) electrons. The summed E-state index contributed by atoms with van der Waals surface area (Å²) in [6, 6.07) is 15.0. The van der Waals surface area contributed by atoms with Crippen molar-refractivity contribution in [1.82, 2.24) is 14.8 Å². The van der Waals surface area contributed by atoms with Crippen molar-refractivity contribution >= 4 is 17.5 Å². The van der Waals surface area contributed by atoms with Crippen LogP contribution in [0.5, 0.6) is 11.5 Å². The number of carbonyl (C=O) groups is 1. The Morgan fingerprint density at radius 3 is 2.48 bits per heavy atom. The summed E-state index contributed by atoms with van der Waals surface area (Å²) in [7, 11) is 3.22. The van der Waals surface area contributed by atoms with Crippen LogP contribution in [0.3, 0.4) is 0 Å². The number of carbonyl (C=O) groups excluding carboxylic acids is 1. The SMILES string of the molecule is CCCCn1c(SCC(=O)c2ccccc2OC)nnc1-c1ccc(OC)cc1. The van der Waals surface area contributed by atoms with Crippen molar-refractivity contribution in [1.29, 1.82) is 0 Å². The van der Waals surface area contributed by atoms with Crippen molar-refractivity contribution in [2.75, 3.05) is 20.0 Å². The van der Waals surface area contributed by atoms with E-state index in [0.29, 0.717) is 11.3 Å². The van der Waals surface area contributed by atoms with E-state index in [9.17, 15) is 4.79 Å². The third-order valence-electron chi connectivity index (χ3n) is 4.54. The quantitative estimate of drug-likeness (QED) is 0.355. The number of ether oxygens (including phenoxy) is 2. The molecule has 0 N–H and O–H groups in total. The van der Waals surface area contributed by atoms with Crippen molar-refractivity contribution < 1.29 is 14.3 Å². The molecule has 0 atom stereocenters. The maximum atomic E-state index is 12.7. The minimum absolute atomic E-state index is 0.00323. The van der Waals surface area contributed by atoms with Crippen LogP contribution in [0.1, 0.15) is 30.1 Å². The number of aromatic nitrogens is 3. The van der Waals surface area contributed by atoms with Crippen LogP contribution < -0.4 is 9.47 Å². The van der Waals surface area contributed by atoms with Crippen LogP contribution in [0, 0.1) is 0 Å². The van der Waals surface area contributed by atoms with E-state index in [0.717, 1.165) is 41.7 Å². The molecule has 0 bridgehead atoms. The molecule has 152 valence electrons. The summed E-state index contributed by atoms with van der Waals surface area (Å²) >= 11 is 1.40. The molecular formula is C22H25N3O3S. The minimum Gasteiger partial charge on any atom is -0.497 e. The Labute approximate surface area is 175 Å². The second kappa shape index (κ2) is 10.1. The fourth-order valence-electron chi connectivity index (χ4n) is 2.95. The number of methoxy groups -OCH3 is 2. The fraction of sp³-hybridized carbons (Fsp3) is 0.318. The van der Waals surface area contributed by atoms with Gasteiger partial charge in [-0.25, -0.2) is 0 Å². The van der Waals surface area contributed by atoms with Gasteiger partial charge < -0.3 is 14.0 Å². The van der Waals surface area contributed by atoms with Crippen LogP contribution in [0.4, 0.5) is 0 Å². The molecule has 0 aliphatic carbocycles. The number of hydrogen-bond acceptors (Lipinski definition) is 6. The van der Waals surface area contributed by atoms with Crippen molar-refractivity contribution in [3.63, 3.8) is 0 Å². The largest absolute Gasteiger partial charge is 0.497 e. The summed E-state index contributed by atoms with van der Waals surface area (Å²) in [5.74, 6) is 2.46. The lowest BCUT2D eigenvalue weighted by Crippen LogP contribution is -2.07. The van der Waals surface area contributed by atoms with E-state index in [1.165, 1.54) is 11.8 Å². The summed E-state index contributed by atoms with van der Waals surface area (Å²) in [4.78, 5) is 12.7. The van der Waals surface area contributed by atoms with Gasteiger partial charge >= 0.3 is 0 Å². The average molecular weight is 412 g/mol. The Morgan fingerprint density at radius 1 is 1.03 bits per heavy atom. The summed E-state index contributed by atoms with van der Waals surface area (Å²) in [6.45, 7) is 2.95. The zero-order chi connectivity index (χ0) is 20.6. The fourth-order valence-corrected chi connectivity index (χ4v) is 3.80. The van der Waals surface area contributed by atoms with E-state index < -0.39 is 0 Å². The number of para-hydroxylation sites is 1. The number of unbranched alkanes of at least 4 members (excludes halogenated alkanes) is 1. The number of rotatable bonds is 10. The summed E-state index contributed by atoms with van der Waals surface area (Å²) < 4.78 is 12.6. The summed E-state index contributed by atoms with van der Waals surface area (Å²) in [5, 5.41) is 9.50. The molecule has 6 nitrogen and oxygen atoms in total. The lowest BCUT2D eigenvalue weighted by Gasteiger charge is -2.10. The Morgan fingerprint density at radius 2 is 1.79 bits per heavy atom. The van der Waals surface area contributed by atoms with Gasteiger partial charge in [0.05, 0.1) is 25.5 Å². The molecule has 29 heavy (non-hydrogen) atoms. The van der Waals surface area contributed by atoms with Crippen molar-refractivity contribution in [2.24, 2.45) is 0 Å². The monoisotopic (exact) mass is 411 g/mol. The smallest absolute Gasteiger partial charge is 0.191 e. The minimum atomic E-state index is 0.00323. The van der Waals surface area contributed by atoms with Gasteiger partial charge in [-0.15, -0.1) is 10.2 Å². The maximum absolute atomic E-state index is 12.7. The van der Waals surface area contributed by atoms with E-state index in [-0.39, 0.29) is 11.5 Å². The zero-order valence-corrected chi connectivity index (χ0v) is 17.7. The highest BCUT2D eigenvalue weighted by Gasteiger charge is 2.17. The first-order valence-electron chi connectivity index (χ1n) is 9.54. The lowest BCUT2D eigenvalue weighted by molar-refractivity contribution is 0.101. The Bertz CT molecular complexity index is 954. The number of benzene rings is 2. The van der Waals surface area contributed by atoms with Gasteiger partial charge in [0.25, 0.3) is 0 Å². The third kappa shape index (κ3) is 4.98. The summed E-state index contributed by atoms with van der Waals surface area (Å²) in [5.41, 5.74) is 1.55. The van der Waals surface area contributed by atoms with Gasteiger partial charge in [0, 0.05) is 12.1 Å². The molecule has 0 saturated heterocycles. The topological polar surface area (TPSA) is 66.2 Å². The Hall–Kier alpha value is -2.80. The molecule has 1 aromatic heterocycles. The zero-order valence-electron chi connectivity index (χ0n) is 16.9. The van der Waals surface area contributed by atoms with Crippen LogP contribution in [0.15, 0.2) is 53.7 Å². The Kier molecular flexibility index (Phi) is 7.30. The first kappa shape index (κ1) is 20.9. The standard InChI is InChI=1S/C22H25N3O3S/c1-4-5-14-25-21(16-10-12-17(27-2)13-11-16)23-24-22(25)29-15-19(26)18-8-6-7-9-20(18)28-3/h6-13H,4-5,14-15H2,1-3H3. The molecule has 2 aromatic carbocycles. The number of Topliss-reactive ketones (excluding diaryl/α,β-unsaturated/α-hetero) is 1. The average Bonchev–Trinajstić information content (AvgIpc) is 3.18. The second-order valence-electron chi connectivity index (χ2n) is 6.45. The van der Waals surface area contributed by atoms with Crippen LogP contribution in [-0.4, -0.2) is 40.5 Å². The van der Waals surface area contributed by atoms with Crippen LogP contribution in [0.25, 0.3) is 11.4 Å². The highest BCUT2D eigenvalue weighted by molar-refractivity contribution is 7.99. The number of nitrogens with zero attached hydrogens (tertiary/aromatic N) is 3. The maximum Gasteiger partial charge on any atom is 0.191 e. The van der Waals surface area contributed by atoms with Crippen molar-refractivity contribution in [3.8, 4) is 22.9 Å². The number of thioether (sulfide) groups is 1. The van der Waals surface area contributed by atoms with Crippen LogP contribution >= 0.6 is 11.8 Å². The van der Waals surface area contributed by atoms with E-state index in [4.69, 9.17) is 9.47 Å². The second-order valence-corrected chi connectivity index (χ2v) is 7.39. The number of hydrogen-bond donors (Lipinski definition) is 0. The summed E-state index contributed by atoms with van der Waals surface area (Å²) in [6.07, 6.45) is 2.07. The van der Waals surface area contributed by atoms with Gasteiger partial charge in [-0.2, -0.15) is 0 Å². The first-order valence-corrected chi connectivity index (χ1v) is 10.5. The van der Waals surface area contributed by atoms with E-state index in [1.54, 1.807) is 26.4 Å². The van der Waals surface area contributed by atoms with Crippen LogP contribution in [-0.2, 0) is 6.54 Å². The van der Waals surface area contributed by atoms with Crippen molar-refractivity contribution in [3.05, 3.63) is 54.1 Å². The highest BCUT2D eigenvalue weighted by Crippen LogP contribution is 2.27. The molecule has 1 heterocycles. The number of ketones is 1. The van der Waals surface area contributed by atoms with Gasteiger partial charge in [0.2, 0.25) is 0 Å². The molecule has 0 aliphatic rings. The van der Waals surface area contributed by atoms with E-state index in [2.05, 4.69) is 21.7 Å². The molecular weight excluding hydrogens is 386 g/mol. The van der Waals surface area contributed by atoms with E-state index >= 15 is 0 Å². The molecule has 0 spiro atoms. The van der Waals surface area contributed by atoms with Crippen LogP contribution in [0.2, 0.25) is 0 Å². The highest BCUT2D eigenvalue weighted by atomic mass is 32.2. The molecule has 3 rings (SSSR count). The molecule has 0 amide bonds. The van der Waals surface area contributed by atoms with Gasteiger partial charge in [0.15, 0.2) is 16.8 Å². The molecule has 0 saturated carbocycles. The third-order valence-corrected chi connectivity index (χ3v) is 5.51. The predicted molar refractivity (Wildman–Crippen MR) is 115 cm³/mol. The van der Waals surface area contributed by atoms with Gasteiger partial charge in [-0.05, 0) is 42.8 Å². The van der Waals surface area contributed by atoms with Gasteiger partial charge in [0.1, 0.15) is 11.5 Å². The molecule has 0 aliphatic heterocycles. The molecule has 7 heteroatoms.